The number of fused-ring (bicyclic) bond motifs is 1. The van der Waals surface area contributed by atoms with Crippen molar-refractivity contribution in [2.24, 2.45) is 0 Å². The molecule has 0 saturated heterocycles. The van der Waals surface area contributed by atoms with E-state index in [2.05, 4.69) is 15.6 Å². The lowest BCUT2D eigenvalue weighted by Crippen LogP contribution is -2.39. The number of methoxy groups -OCH3 is 1. The second kappa shape index (κ2) is 9.95. The zero-order chi connectivity index (χ0) is 23.4. The number of rotatable bonds is 5. The lowest BCUT2D eigenvalue weighted by Gasteiger charge is -2.30. The van der Waals surface area contributed by atoms with Crippen molar-refractivity contribution in [2.45, 2.75) is 25.4 Å². The summed E-state index contributed by atoms with van der Waals surface area (Å²) < 4.78 is 5.21. The summed E-state index contributed by atoms with van der Waals surface area (Å²) >= 11 is 1.67. The third-order valence-electron chi connectivity index (χ3n) is 5.33. The van der Waals surface area contributed by atoms with Crippen LogP contribution in [0.15, 0.2) is 59.6 Å². The molecule has 0 bridgehead atoms. The molecule has 4 rings (SSSR count). The van der Waals surface area contributed by atoms with Gasteiger partial charge in [0.2, 0.25) is 0 Å². The number of pyridine rings is 1. The molecule has 0 fully saturated rings. The molecular weight excluding hydrogens is 436 g/mol. The van der Waals surface area contributed by atoms with Crippen molar-refractivity contribution >= 4 is 35.1 Å². The third-order valence-corrected chi connectivity index (χ3v) is 6.28. The number of nitrogens with zero attached hydrogens (tertiary/aromatic N) is 2. The monoisotopic (exact) mass is 462 g/mol. The Morgan fingerprint density at radius 1 is 1.12 bits per heavy atom. The van der Waals surface area contributed by atoms with Gasteiger partial charge in [0.15, 0.2) is 0 Å². The molecule has 0 spiro atoms. The van der Waals surface area contributed by atoms with E-state index >= 15 is 0 Å². The van der Waals surface area contributed by atoms with Crippen LogP contribution in [-0.2, 0) is 6.54 Å². The molecule has 3 aromatic rings. The summed E-state index contributed by atoms with van der Waals surface area (Å²) in [5.41, 5.74) is 4.94. The first-order chi connectivity index (χ1) is 15.9. The van der Waals surface area contributed by atoms with Crippen LogP contribution in [0.4, 0.5) is 16.2 Å². The van der Waals surface area contributed by atoms with Crippen LogP contribution in [0.5, 0.6) is 5.75 Å². The van der Waals surface area contributed by atoms with Gasteiger partial charge in [0.25, 0.3) is 5.91 Å². The lowest BCUT2D eigenvalue weighted by atomic mass is 10.1. The Bertz CT molecular complexity index is 1180. The highest BCUT2D eigenvalue weighted by molar-refractivity contribution is 7.99. The Labute approximate surface area is 197 Å². The molecule has 0 unspecified atom stereocenters. The Balaban J connectivity index is 1.39. The van der Waals surface area contributed by atoms with Crippen LogP contribution < -0.4 is 20.3 Å². The van der Waals surface area contributed by atoms with Gasteiger partial charge in [-0.3, -0.25) is 9.69 Å². The number of aryl methyl sites for hydroxylation is 2. The summed E-state index contributed by atoms with van der Waals surface area (Å²) in [7, 11) is 1.61. The number of amides is 3. The Morgan fingerprint density at radius 2 is 1.91 bits per heavy atom. The van der Waals surface area contributed by atoms with Gasteiger partial charge in [0.1, 0.15) is 10.8 Å². The molecule has 170 valence electrons. The first-order valence-corrected chi connectivity index (χ1v) is 11.6. The van der Waals surface area contributed by atoms with E-state index in [1.165, 1.54) is 0 Å². The van der Waals surface area contributed by atoms with Crippen LogP contribution in [0.2, 0.25) is 0 Å². The minimum atomic E-state index is -0.208. The fraction of sp³-hybridized carbons (Fsp3) is 0.240. The van der Waals surface area contributed by atoms with Gasteiger partial charge in [-0.15, -0.1) is 11.8 Å². The van der Waals surface area contributed by atoms with Crippen molar-refractivity contribution < 1.29 is 14.3 Å². The van der Waals surface area contributed by atoms with Crippen molar-refractivity contribution in [2.75, 3.05) is 29.6 Å². The Hall–Kier alpha value is -3.52. The normalized spacial score (nSPS) is 12.6. The maximum Gasteiger partial charge on any atom is 0.326 e. The van der Waals surface area contributed by atoms with Crippen LogP contribution in [0, 0.1) is 13.8 Å². The molecule has 1 aromatic heterocycles. The molecule has 0 aliphatic carbocycles. The predicted octanol–water partition coefficient (Wildman–Crippen LogP) is 4.78. The summed E-state index contributed by atoms with van der Waals surface area (Å²) in [6.07, 6.45) is 0. The van der Waals surface area contributed by atoms with Crippen molar-refractivity contribution in [1.82, 2.24) is 10.3 Å². The van der Waals surface area contributed by atoms with Crippen molar-refractivity contribution in [3.05, 3.63) is 77.0 Å². The van der Waals surface area contributed by atoms with Gasteiger partial charge in [-0.05, 0) is 67.4 Å². The third kappa shape index (κ3) is 5.28. The van der Waals surface area contributed by atoms with E-state index in [1.54, 1.807) is 48.0 Å². The molecular formula is C25H26N4O3S. The minimum Gasteiger partial charge on any atom is -0.497 e. The quantitative estimate of drug-likeness (QED) is 0.570. The zero-order valence-corrected chi connectivity index (χ0v) is 19.7. The number of thioether (sulfide) groups is 1. The summed E-state index contributed by atoms with van der Waals surface area (Å²) in [5.74, 6) is 1.36. The topological polar surface area (TPSA) is 83.6 Å². The molecule has 8 heteroatoms. The van der Waals surface area contributed by atoms with Gasteiger partial charge in [0.05, 0.1) is 12.8 Å². The number of carbonyl (C=O) groups is 2. The highest BCUT2D eigenvalue weighted by Crippen LogP contribution is 2.36. The SMILES string of the molecule is COc1cccc(CNC(=O)c2ccc(NC(=O)N3CCSc4nc(C)cc(C)c43)cc2)c1. The fourth-order valence-corrected chi connectivity index (χ4v) is 4.82. The first kappa shape index (κ1) is 22.7. The summed E-state index contributed by atoms with van der Waals surface area (Å²) in [6, 6.07) is 16.2. The molecule has 0 saturated carbocycles. The molecule has 1 aliphatic heterocycles. The average Bonchev–Trinajstić information content (AvgIpc) is 2.82. The number of hydrogen-bond donors (Lipinski definition) is 2. The Morgan fingerprint density at radius 3 is 2.67 bits per heavy atom. The Kier molecular flexibility index (Phi) is 6.84. The van der Waals surface area contributed by atoms with Gasteiger partial charge < -0.3 is 15.4 Å². The number of carbonyl (C=O) groups excluding carboxylic acids is 2. The highest BCUT2D eigenvalue weighted by Gasteiger charge is 2.26. The van der Waals surface area contributed by atoms with Crippen molar-refractivity contribution in [1.29, 1.82) is 0 Å². The van der Waals surface area contributed by atoms with E-state index in [9.17, 15) is 9.59 Å². The van der Waals surface area contributed by atoms with Gasteiger partial charge in [-0.1, -0.05) is 12.1 Å². The summed E-state index contributed by atoms with van der Waals surface area (Å²) in [6.45, 7) is 4.97. The first-order valence-electron chi connectivity index (χ1n) is 10.7. The van der Waals surface area contributed by atoms with Crippen LogP contribution in [0.3, 0.4) is 0 Å². The van der Waals surface area contributed by atoms with Crippen LogP contribution >= 0.6 is 11.8 Å². The standard InChI is InChI=1S/C25H26N4O3S/c1-16-13-17(2)27-24-22(16)29(11-12-33-24)25(31)28-20-9-7-19(8-10-20)23(30)26-15-18-5-4-6-21(14-18)32-3/h4-10,13-14H,11-12,15H2,1-3H3,(H,26,30)(H,28,31). The molecule has 7 nitrogen and oxygen atoms in total. The van der Waals surface area contributed by atoms with Gasteiger partial charge in [-0.25, -0.2) is 9.78 Å². The van der Waals surface area contributed by atoms with E-state index < -0.39 is 0 Å². The molecule has 2 aromatic carbocycles. The minimum absolute atomic E-state index is 0.185. The molecule has 1 aliphatic rings. The van der Waals surface area contributed by atoms with Gasteiger partial charge >= 0.3 is 6.03 Å². The van der Waals surface area contributed by atoms with E-state index in [1.807, 2.05) is 44.2 Å². The number of anilines is 2. The number of benzene rings is 2. The lowest BCUT2D eigenvalue weighted by molar-refractivity contribution is 0.0951. The molecule has 3 amide bonds. The molecule has 33 heavy (non-hydrogen) atoms. The molecule has 0 radical (unpaired) electrons. The second-order valence-corrected chi connectivity index (χ2v) is 8.86. The van der Waals surface area contributed by atoms with Crippen LogP contribution in [0.1, 0.15) is 27.2 Å². The maximum absolute atomic E-state index is 13.0. The zero-order valence-electron chi connectivity index (χ0n) is 18.8. The average molecular weight is 463 g/mol. The number of ether oxygens (including phenoxy) is 1. The van der Waals surface area contributed by atoms with Crippen molar-refractivity contribution in [3.8, 4) is 5.75 Å². The van der Waals surface area contributed by atoms with E-state index in [-0.39, 0.29) is 11.9 Å². The largest absolute Gasteiger partial charge is 0.497 e. The summed E-state index contributed by atoms with van der Waals surface area (Å²) in [4.78, 5) is 31.8. The van der Waals surface area contributed by atoms with Crippen LogP contribution in [-0.4, -0.2) is 36.3 Å². The van der Waals surface area contributed by atoms with Gasteiger partial charge in [0, 0.05) is 35.8 Å². The second-order valence-electron chi connectivity index (χ2n) is 7.78. The predicted molar refractivity (Wildman–Crippen MR) is 131 cm³/mol. The van der Waals surface area contributed by atoms with Crippen LogP contribution in [0.25, 0.3) is 0 Å². The smallest absolute Gasteiger partial charge is 0.326 e. The maximum atomic E-state index is 13.0. The molecule has 2 heterocycles. The number of aromatic nitrogens is 1. The highest BCUT2D eigenvalue weighted by atomic mass is 32.2. The van der Waals surface area contributed by atoms with Crippen molar-refractivity contribution in [3.63, 3.8) is 0 Å². The van der Waals surface area contributed by atoms with E-state index in [4.69, 9.17) is 4.74 Å². The molecule has 0 atom stereocenters. The van der Waals surface area contributed by atoms with Gasteiger partial charge in [-0.2, -0.15) is 0 Å². The molecule has 2 N–H and O–H groups in total. The number of urea groups is 1. The number of hydrogen-bond acceptors (Lipinski definition) is 5. The number of nitrogens with one attached hydrogen (secondary N) is 2. The fourth-order valence-electron chi connectivity index (χ4n) is 3.74. The van der Waals surface area contributed by atoms with E-state index in [0.717, 1.165) is 39.0 Å². The van der Waals surface area contributed by atoms with E-state index in [0.29, 0.717) is 24.3 Å². The summed E-state index contributed by atoms with van der Waals surface area (Å²) in [5, 5.41) is 6.72.